The van der Waals surface area contributed by atoms with Gasteiger partial charge in [-0.15, -0.1) is 0 Å². The molecule has 0 aromatic carbocycles. The van der Waals surface area contributed by atoms with Gasteiger partial charge in [-0.1, -0.05) is 19.3 Å². The average Bonchev–Trinajstić information content (AvgIpc) is 2.89. The summed E-state index contributed by atoms with van der Waals surface area (Å²) in [5, 5.41) is 0. The Kier molecular flexibility index (Phi) is 5.53. The van der Waals surface area contributed by atoms with E-state index in [1.165, 1.54) is 38.6 Å². The van der Waals surface area contributed by atoms with E-state index in [1.54, 1.807) is 0 Å². The molecule has 0 spiro atoms. The number of carbonyl (C=O) groups is 1. The van der Waals surface area contributed by atoms with Crippen LogP contribution in [0.3, 0.4) is 0 Å². The Bertz CT molecular complexity index is 336. The van der Waals surface area contributed by atoms with E-state index in [-0.39, 0.29) is 0 Å². The van der Waals surface area contributed by atoms with Gasteiger partial charge in [-0.05, 0) is 31.6 Å². The van der Waals surface area contributed by atoms with E-state index < -0.39 is 0 Å². The third-order valence-corrected chi connectivity index (χ3v) is 5.46. The van der Waals surface area contributed by atoms with E-state index in [1.807, 2.05) is 0 Å². The van der Waals surface area contributed by atoms with Crippen LogP contribution in [0.25, 0.3) is 0 Å². The highest BCUT2D eigenvalue weighted by atomic mass is 16.5. The fourth-order valence-corrected chi connectivity index (χ4v) is 4.12. The molecule has 0 N–H and O–H groups in total. The van der Waals surface area contributed by atoms with Gasteiger partial charge >= 0.3 is 0 Å². The van der Waals surface area contributed by atoms with Crippen molar-refractivity contribution in [1.29, 1.82) is 0 Å². The molecule has 2 saturated heterocycles. The topological polar surface area (TPSA) is 32.8 Å². The van der Waals surface area contributed by atoms with Crippen molar-refractivity contribution < 1.29 is 9.53 Å². The minimum atomic E-state index is 0.357. The third-order valence-electron chi connectivity index (χ3n) is 5.46. The molecule has 0 radical (unpaired) electrons. The molecular weight excluding hydrogens is 264 g/mol. The summed E-state index contributed by atoms with van der Waals surface area (Å²) in [6.45, 7) is 5.78. The van der Waals surface area contributed by atoms with Gasteiger partial charge in [-0.2, -0.15) is 0 Å². The van der Waals surface area contributed by atoms with Gasteiger partial charge in [-0.3, -0.25) is 9.69 Å². The summed E-state index contributed by atoms with van der Waals surface area (Å²) in [4.78, 5) is 17.2. The van der Waals surface area contributed by atoms with Gasteiger partial charge in [-0.25, -0.2) is 0 Å². The maximum Gasteiger partial charge on any atom is 0.222 e. The number of carbonyl (C=O) groups excluding carboxylic acids is 1. The molecule has 1 aliphatic carbocycles. The lowest BCUT2D eigenvalue weighted by atomic mass is 9.94. The van der Waals surface area contributed by atoms with Crippen LogP contribution in [0.1, 0.15) is 51.4 Å². The molecule has 0 bridgehead atoms. The zero-order valence-electron chi connectivity index (χ0n) is 13.3. The molecule has 1 saturated carbocycles. The zero-order valence-corrected chi connectivity index (χ0v) is 13.3. The predicted octanol–water partition coefficient (Wildman–Crippen LogP) is 2.28. The van der Waals surface area contributed by atoms with Crippen molar-refractivity contribution in [3.05, 3.63) is 0 Å². The molecule has 21 heavy (non-hydrogen) atoms. The quantitative estimate of drug-likeness (QED) is 0.800. The summed E-state index contributed by atoms with van der Waals surface area (Å²) in [7, 11) is 0. The molecule has 1 atom stereocenters. The van der Waals surface area contributed by atoms with Crippen molar-refractivity contribution in [2.24, 2.45) is 5.92 Å². The zero-order chi connectivity index (χ0) is 14.5. The van der Waals surface area contributed by atoms with Crippen molar-refractivity contribution in [3.63, 3.8) is 0 Å². The molecule has 4 nitrogen and oxygen atoms in total. The minimum Gasteiger partial charge on any atom is -0.381 e. The maximum absolute atomic E-state index is 12.4. The van der Waals surface area contributed by atoms with Gasteiger partial charge in [0.1, 0.15) is 0 Å². The predicted molar refractivity (Wildman–Crippen MR) is 83.2 cm³/mol. The van der Waals surface area contributed by atoms with Crippen LogP contribution >= 0.6 is 0 Å². The minimum absolute atomic E-state index is 0.357. The maximum atomic E-state index is 12.4. The Morgan fingerprint density at radius 2 is 1.81 bits per heavy atom. The van der Waals surface area contributed by atoms with E-state index in [0.29, 0.717) is 18.2 Å². The van der Waals surface area contributed by atoms with Crippen LogP contribution in [0.4, 0.5) is 0 Å². The van der Waals surface area contributed by atoms with Gasteiger partial charge in [0.05, 0.1) is 0 Å². The van der Waals surface area contributed by atoms with Gasteiger partial charge in [0, 0.05) is 51.9 Å². The third kappa shape index (κ3) is 4.19. The average molecular weight is 294 g/mol. The van der Waals surface area contributed by atoms with Gasteiger partial charge < -0.3 is 9.64 Å². The second-order valence-electron chi connectivity index (χ2n) is 7.00. The van der Waals surface area contributed by atoms with Crippen LogP contribution in [-0.4, -0.2) is 61.1 Å². The van der Waals surface area contributed by atoms with E-state index in [2.05, 4.69) is 9.80 Å². The molecular formula is C17H30N2O2. The number of nitrogens with zero attached hydrogens (tertiary/aromatic N) is 2. The first-order chi connectivity index (χ1) is 10.3. The van der Waals surface area contributed by atoms with Crippen LogP contribution in [0.5, 0.6) is 0 Å². The van der Waals surface area contributed by atoms with E-state index in [4.69, 9.17) is 4.74 Å². The highest BCUT2D eigenvalue weighted by Crippen LogP contribution is 2.24. The van der Waals surface area contributed by atoms with Crippen molar-refractivity contribution in [3.8, 4) is 0 Å². The second-order valence-corrected chi connectivity index (χ2v) is 7.00. The van der Waals surface area contributed by atoms with Crippen LogP contribution in [0.2, 0.25) is 0 Å². The van der Waals surface area contributed by atoms with Crippen molar-refractivity contribution in [2.75, 3.05) is 39.4 Å². The number of hydrogen-bond acceptors (Lipinski definition) is 3. The van der Waals surface area contributed by atoms with Gasteiger partial charge in [0.15, 0.2) is 0 Å². The molecule has 0 aromatic rings. The molecule has 3 fully saturated rings. The Hall–Kier alpha value is -0.610. The number of ether oxygens (including phenoxy) is 1. The molecule has 0 aromatic heterocycles. The first-order valence-corrected chi connectivity index (χ1v) is 8.92. The first-order valence-electron chi connectivity index (χ1n) is 8.92. The van der Waals surface area contributed by atoms with Crippen molar-refractivity contribution >= 4 is 5.91 Å². The Balaban J connectivity index is 1.46. The summed E-state index contributed by atoms with van der Waals surface area (Å²) < 4.78 is 5.39. The summed E-state index contributed by atoms with van der Waals surface area (Å²) in [6.07, 6.45) is 9.84. The molecule has 2 aliphatic heterocycles. The lowest BCUT2D eigenvalue weighted by molar-refractivity contribution is -0.132. The summed E-state index contributed by atoms with van der Waals surface area (Å²) in [5.41, 5.74) is 0. The van der Waals surface area contributed by atoms with Gasteiger partial charge in [0.25, 0.3) is 0 Å². The molecule has 3 rings (SSSR count). The normalized spacial score (nSPS) is 29.5. The Morgan fingerprint density at radius 1 is 0.952 bits per heavy atom. The lowest BCUT2D eigenvalue weighted by Crippen LogP contribution is -2.40. The monoisotopic (exact) mass is 294 g/mol. The second kappa shape index (κ2) is 7.59. The van der Waals surface area contributed by atoms with Crippen LogP contribution in [0.15, 0.2) is 0 Å². The fourth-order valence-electron chi connectivity index (χ4n) is 4.12. The lowest BCUT2D eigenvalue weighted by Gasteiger charge is -2.33. The number of hydrogen-bond donors (Lipinski definition) is 0. The smallest absolute Gasteiger partial charge is 0.222 e. The highest BCUT2D eigenvalue weighted by molar-refractivity contribution is 5.76. The molecule has 1 amide bonds. The Labute approximate surface area is 128 Å². The van der Waals surface area contributed by atoms with Crippen molar-refractivity contribution in [1.82, 2.24) is 9.80 Å². The molecule has 2 heterocycles. The van der Waals surface area contributed by atoms with Crippen LogP contribution in [0, 0.1) is 5.92 Å². The van der Waals surface area contributed by atoms with E-state index in [9.17, 15) is 4.79 Å². The van der Waals surface area contributed by atoms with E-state index >= 15 is 0 Å². The van der Waals surface area contributed by atoms with Gasteiger partial charge in [0.2, 0.25) is 5.91 Å². The number of amides is 1. The van der Waals surface area contributed by atoms with Crippen LogP contribution < -0.4 is 0 Å². The van der Waals surface area contributed by atoms with Crippen molar-refractivity contribution in [2.45, 2.75) is 57.4 Å². The largest absolute Gasteiger partial charge is 0.381 e. The molecule has 0 unspecified atom stereocenters. The SMILES string of the molecule is O=C(C[C@@H]1CCOC1)N1CCCN(C2CCCCC2)CC1. The molecule has 3 aliphatic rings. The molecule has 120 valence electrons. The fraction of sp³-hybridized carbons (Fsp3) is 0.941. The van der Waals surface area contributed by atoms with E-state index in [0.717, 1.165) is 51.7 Å². The summed E-state index contributed by atoms with van der Waals surface area (Å²) in [6, 6.07) is 0.789. The first kappa shape index (κ1) is 15.3. The molecule has 4 heteroatoms. The standard InChI is InChI=1S/C17H30N2O2/c20-17(13-15-7-12-21-14-15)19-9-4-8-18(10-11-19)16-5-2-1-3-6-16/h15-16H,1-14H2/t15-/m0/s1. The summed E-state index contributed by atoms with van der Waals surface area (Å²) in [5.74, 6) is 0.825. The highest BCUT2D eigenvalue weighted by Gasteiger charge is 2.27. The van der Waals surface area contributed by atoms with Crippen LogP contribution in [-0.2, 0) is 9.53 Å². The Morgan fingerprint density at radius 3 is 2.57 bits per heavy atom. The number of rotatable bonds is 3. The summed E-state index contributed by atoms with van der Waals surface area (Å²) >= 11 is 0.